The number of aryl methyl sites for hydroxylation is 2. The highest BCUT2D eigenvalue weighted by Gasteiger charge is 2.31. The number of oxazole rings is 1. The molecule has 2 N–H and O–H groups in total. The number of hydrogen-bond acceptors (Lipinski definition) is 6. The van der Waals surface area contributed by atoms with Gasteiger partial charge in [0, 0.05) is 23.7 Å². The third kappa shape index (κ3) is 4.49. The predicted molar refractivity (Wildman–Crippen MR) is 133 cm³/mol. The summed E-state index contributed by atoms with van der Waals surface area (Å²) < 4.78 is 5.85. The van der Waals surface area contributed by atoms with Crippen molar-refractivity contribution in [2.75, 3.05) is 0 Å². The molecule has 6 nitrogen and oxygen atoms in total. The number of amides is 1. The summed E-state index contributed by atoms with van der Waals surface area (Å²) in [5.74, 6) is 1.34. The molecule has 3 aromatic carbocycles. The molecule has 1 aromatic heterocycles. The molecular weight excluding hydrogens is 448 g/mol. The number of nitrogens with one attached hydrogen (secondary N) is 1. The highest BCUT2D eigenvalue weighted by Crippen LogP contribution is 2.32. The average Bonchev–Trinajstić information content (AvgIpc) is 3.38. The molecule has 172 valence electrons. The van der Waals surface area contributed by atoms with Gasteiger partial charge in [0.1, 0.15) is 11.8 Å². The topological polar surface area (TPSA) is 92.4 Å². The molecule has 0 bridgehead atoms. The first-order valence-corrected chi connectivity index (χ1v) is 12.0. The van der Waals surface area contributed by atoms with Crippen molar-refractivity contribution in [2.24, 2.45) is 0 Å². The van der Waals surface area contributed by atoms with Gasteiger partial charge in [-0.25, -0.2) is 4.98 Å². The molecule has 1 aliphatic rings. The van der Waals surface area contributed by atoms with E-state index in [2.05, 4.69) is 10.3 Å². The van der Waals surface area contributed by atoms with Crippen molar-refractivity contribution in [3.05, 3.63) is 89.3 Å². The molecule has 2 unspecified atom stereocenters. The summed E-state index contributed by atoms with van der Waals surface area (Å²) in [4.78, 5) is 28.3. The summed E-state index contributed by atoms with van der Waals surface area (Å²) in [5, 5.41) is 15.3. The van der Waals surface area contributed by atoms with Crippen LogP contribution in [0, 0.1) is 6.92 Å². The second kappa shape index (κ2) is 9.44. The first kappa shape index (κ1) is 22.4. The second-order valence-corrected chi connectivity index (χ2v) is 9.39. The summed E-state index contributed by atoms with van der Waals surface area (Å²) in [7, 11) is 0. The van der Waals surface area contributed by atoms with Crippen molar-refractivity contribution in [3.63, 3.8) is 0 Å². The maximum Gasteiger partial charge on any atom is 0.287 e. The number of fused-ring (bicyclic) bond motifs is 1. The van der Waals surface area contributed by atoms with Crippen LogP contribution in [-0.4, -0.2) is 26.5 Å². The molecule has 0 spiro atoms. The number of thioether (sulfide) groups is 1. The number of nitrogens with zero attached hydrogens (tertiary/aromatic N) is 1. The number of carbonyl (C=O) groups excluding carboxylic acids is 2. The Morgan fingerprint density at radius 2 is 1.76 bits per heavy atom. The smallest absolute Gasteiger partial charge is 0.287 e. The zero-order valence-electron chi connectivity index (χ0n) is 18.7. The van der Waals surface area contributed by atoms with Crippen LogP contribution in [0.2, 0.25) is 0 Å². The molecule has 0 saturated carbocycles. The third-order valence-corrected chi connectivity index (χ3v) is 6.96. The molecule has 34 heavy (non-hydrogen) atoms. The lowest BCUT2D eigenvalue weighted by Gasteiger charge is -2.17. The van der Waals surface area contributed by atoms with Gasteiger partial charge in [-0.2, -0.15) is 0 Å². The van der Waals surface area contributed by atoms with E-state index < -0.39 is 12.1 Å². The highest BCUT2D eigenvalue weighted by atomic mass is 32.2. The second-order valence-electron chi connectivity index (χ2n) is 8.41. The average molecular weight is 473 g/mol. The monoisotopic (exact) mass is 472 g/mol. The summed E-state index contributed by atoms with van der Waals surface area (Å²) in [6, 6.07) is 21.0. The van der Waals surface area contributed by atoms with Crippen molar-refractivity contribution in [1.82, 2.24) is 10.3 Å². The van der Waals surface area contributed by atoms with Crippen molar-refractivity contribution >= 4 is 32.9 Å². The minimum absolute atomic E-state index is 0.156. The number of rotatable bonds is 7. The lowest BCUT2D eigenvalue weighted by Crippen LogP contribution is -2.30. The Hall–Kier alpha value is -3.42. The highest BCUT2D eigenvalue weighted by molar-refractivity contribution is 8.26. The molecule has 1 saturated heterocycles. The van der Waals surface area contributed by atoms with Crippen LogP contribution in [0.1, 0.15) is 35.1 Å². The lowest BCUT2D eigenvalue weighted by atomic mass is 9.92. The first-order chi connectivity index (χ1) is 16.5. The van der Waals surface area contributed by atoms with Crippen molar-refractivity contribution < 1.29 is 19.1 Å². The maximum atomic E-state index is 12.1. The molecular formula is C27H24N2O4S. The Kier molecular flexibility index (Phi) is 6.22. The number of benzene rings is 3. The molecule has 2 atom stereocenters. The lowest BCUT2D eigenvalue weighted by molar-refractivity contribution is -0.112. The van der Waals surface area contributed by atoms with Gasteiger partial charge in [0.2, 0.25) is 11.0 Å². The number of aliphatic hydroxyl groups is 1. The summed E-state index contributed by atoms with van der Waals surface area (Å²) in [5.41, 5.74) is 3.56. The Bertz CT molecular complexity index is 1370. The molecule has 5 rings (SSSR count). The van der Waals surface area contributed by atoms with Crippen LogP contribution in [0.3, 0.4) is 0 Å². The normalized spacial score (nSPS) is 16.7. The Morgan fingerprint density at radius 1 is 1.03 bits per heavy atom. The van der Waals surface area contributed by atoms with E-state index in [1.165, 1.54) is 0 Å². The van der Waals surface area contributed by atoms with Gasteiger partial charge in [-0.1, -0.05) is 54.6 Å². The van der Waals surface area contributed by atoms with E-state index in [9.17, 15) is 14.7 Å². The van der Waals surface area contributed by atoms with Crippen molar-refractivity contribution in [1.29, 1.82) is 0 Å². The molecule has 1 aliphatic heterocycles. The molecule has 2 heterocycles. The SMILES string of the molecule is Cc1oc(-c2ccccc2)nc1CCC(O)c1ccc(CC2NC(=O)SC2=O)c2ccccc12. The molecule has 0 aliphatic carbocycles. The number of aromatic nitrogens is 1. The van der Waals surface area contributed by atoms with E-state index in [-0.39, 0.29) is 10.4 Å². The Morgan fingerprint density at radius 3 is 2.50 bits per heavy atom. The van der Waals surface area contributed by atoms with Crippen LogP contribution in [0.15, 0.2) is 71.1 Å². The van der Waals surface area contributed by atoms with E-state index in [0.717, 1.165) is 50.7 Å². The quantitative estimate of drug-likeness (QED) is 0.376. The zero-order valence-corrected chi connectivity index (χ0v) is 19.5. The summed E-state index contributed by atoms with van der Waals surface area (Å²) in [6.07, 6.45) is 0.825. The fourth-order valence-electron chi connectivity index (χ4n) is 4.39. The first-order valence-electron chi connectivity index (χ1n) is 11.2. The molecule has 0 radical (unpaired) electrons. The van der Waals surface area contributed by atoms with Gasteiger partial charge >= 0.3 is 0 Å². The van der Waals surface area contributed by atoms with E-state index in [4.69, 9.17) is 4.42 Å². The summed E-state index contributed by atoms with van der Waals surface area (Å²) in [6.45, 7) is 1.90. The minimum atomic E-state index is -0.682. The van der Waals surface area contributed by atoms with Crippen LogP contribution in [-0.2, 0) is 17.6 Å². The summed E-state index contributed by atoms with van der Waals surface area (Å²) >= 11 is 0.725. The van der Waals surface area contributed by atoms with Gasteiger partial charge in [-0.05, 0) is 53.8 Å². The molecule has 7 heteroatoms. The van der Waals surface area contributed by atoms with Gasteiger partial charge in [0.05, 0.1) is 11.8 Å². The van der Waals surface area contributed by atoms with Crippen molar-refractivity contribution in [2.45, 2.75) is 38.3 Å². The maximum absolute atomic E-state index is 12.1. The number of aliphatic hydroxyl groups excluding tert-OH is 1. The van der Waals surface area contributed by atoms with Crippen LogP contribution in [0.25, 0.3) is 22.2 Å². The van der Waals surface area contributed by atoms with E-state index >= 15 is 0 Å². The molecule has 1 fully saturated rings. The van der Waals surface area contributed by atoms with Crippen LogP contribution >= 0.6 is 11.8 Å². The number of hydrogen-bond donors (Lipinski definition) is 2. The van der Waals surface area contributed by atoms with Gasteiger partial charge in [-0.3, -0.25) is 9.59 Å². The Balaban J connectivity index is 1.35. The third-order valence-electron chi connectivity index (χ3n) is 6.17. The zero-order chi connectivity index (χ0) is 23.7. The van der Waals surface area contributed by atoms with Crippen LogP contribution in [0.4, 0.5) is 4.79 Å². The molecule has 4 aromatic rings. The van der Waals surface area contributed by atoms with Gasteiger partial charge < -0.3 is 14.8 Å². The predicted octanol–water partition coefficient (Wildman–Crippen LogP) is 5.36. The standard InChI is InChI=1S/C27H24N2O4S/c1-16-22(28-25(33-16)17-7-3-2-4-8-17)13-14-24(30)21-12-11-18(19-9-5-6-10-20(19)21)15-23-26(31)34-27(32)29-23/h2-12,23-24,30H,13-15H2,1H3,(H,29,32). The van der Waals surface area contributed by atoms with Crippen LogP contribution < -0.4 is 5.32 Å². The van der Waals surface area contributed by atoms with E-state index in [1.54, 1.807) is 0 Å². The number of carbonyl (C=O) groups is 2. The largest absolute Gasteiger partial charge is 0.441 e. The van der Waals surface area contributed by atoms with Crippen LogP contribution in [0.5, 0.6) is 0 Å². The Labute approximate surface area is 201 Å². The fourth-order valence-corrected chi connectivity index (χ4v) is 5.06. The van der Waals surface area contributed by atoms with Gasteiger partial charge in [0.15, 0.2) is 0 Å². The fraction of sp³-hybridized carbons (Fsp3) is 0.222. The van der Waals surface area contributed by atoms with E-state index in [0.29, 0.717) is 25.2 Å². The van der Waals surface area contributed by atoms with Gasteiger partial charge in [-0.15, -0.1) is 0 Å². The van der Waals surface area contributed by atoms with Gasteiger partial charge in [0.25, 0.3) is 5.24 Å². The van der Waals surface area contributed by atoms with E-state index in [1.807, 2.05) is 73.7 Å². The minimum Gasteiger partial charge on any atom is -0.441 e. The molecule has 1 amide bonds. The van der Waals surface area contributed by atoms with Crippen molar-refractivity contribution in [3.8, 4) is 11.5 Å².